The van der Waals surface area contributed by atoms with Gasteiger partial charge in [-0.1, -0.05) is 0 Å². The Balaban J connectivity index is 2.39. The summed E-state index contributed by atoms with van der Waals surface area (Å²) < 4.78 is 62.4. The zero-order valence-corrected chi connectivity index (χ0v) is 20.0. The second kappa shape index (κ2) is 9.70. The van der Waals surface area contributed by atoms with E-state index >= 15 is 0 Å². The molecule has 3 aromatic rings. The first-order valence-electron chi connectivity index (χ1n) is 8.93. The van der Waals surface area contributed by atoms with E-state index < -0.39 is 60.6 Å². The number of aromatic nitrogens is 2. The molecule has 0 aliphatic carbocycles. The molecule has 0 saturated heterocycles. The fourth-order valence-electron chi connectivity index (χ4n) is 2.89. The molecule has 0 spiro atoms. The molecule has 2 aromatic heterocycles. The van der Waals surface area contributed by atoms with Gasteiger partial charge in [0.1, 0.15) is 16.3 Å². The Labute approximate surface area is 203 Å². The molecule has 180 valence electrons. The number of nitrogens with zero attached hydrogens (tertiary/aromatic N) is 6. The lowest BCUT2D eigenvalue weighted by atomic mass is 10.2. The number of aromatic hydroxyl groups is 1. The summed E-state index contributed by atoms with van der Waals surface area (Å²) in [6.45, 7) is 17.5. The maximum atomic E-state index is 13.0. The van der Waals surface area contributed by atoms with Crippen molar-refractivity contribution in [1.82, 2.24) is 8.94 Å². The van der Waals surface area contributed by atoms with E-state index in [0.717, 1.165) is 29.7 Å². The van der Waals surface area contributed by atoms with Gasteiger partial charge in [0, 0.05) is 6.07 Å². The Morgan fingerprint density at radius 1 is 1.20 bits per heavy atom. The van der Waals surface area contributed by atoms with E-state index in [1.165, 1.54) is 6.92 Å². The molecule has 0 bridgehead atoms. The largest absolute Gasteiger partial charge is 0.493 e. The number of pyridine rings is 1. The van der Waals surface area contributed by atoms with Crippen LogP contribution in [0.5, 0.6) is 11.6 Å². The highest BCUT2D eigenvalue weighted by atomic mass is 32.2. The third-order valence-corrected chi connectivity index (χ3v) is 6.48. The van der Waals surface area contributed by atoms with E-state index in [2.05, 4.69) is 28.5 Å². The average Bonchev–Trinajstić information content (AvgIpc) is 3.12. The van der Waals surface area contributed by atoms with Crippen molar-refractivity contribution < 1.29 is 31.0 Å². The van der Waals surface area contributed by atoms with Crippen molar-refractivity contribution in [1.29, 1.82) is 0 Å². The maximum absolute atomic E-state index is 13.0. The van der Waals surface area contributed by atoms with Crippen LogP contribution in [0.3, 0.4) is 0 Å². The number of aryl methyl sites for hydroxylation is 1. The van der Waals surface area contributed by atoms with Gasteiger partial charge in [-0.15, -0.1) is 10.2 Å². The third-order valence-electron chi connectivity index (χ3n) is 4.44. The Morgan fingerprint density at radius 3 is 2.43 bits per heavy atom. The topological polar surface area (TPSA) is 189 Å². The molecule has 0 fully saturated rings. The van der Waals surface area contributed by atoms with Crippen molar-refractivity contribution in [3.05, 3.63) is 62.6 Å². The second-order valence-corrected chi connectivity index (χ2v) is 9.28. The summed E-state index contributed by atoms with van der Waals surface area (Å²) in [6.07, 6.45) is 0. The van der Waals surface area contributed by atoms with Gasteiger partial charge in [0.25, 0.3) is 21.4 Å². The molecule has 3 rings (SSSR count). The lowest BCUT2D eigenvalue weighted by Crippen LogP contribution is -2.21. The first-order valence-corrected chi connectivity index (χ1v) is 12.2. The molecule has 3 N–H and O–H groups in total. The maximum Gasteiger partial charge on any atom is 0.357 e. The fourth-order valence-corrected chi connectivity index (χ4v) is 4.48. The highest BCUT2D eigenvalue weighted by molar-refractivity contribution is 7.86. The first kappa shape index (κ1) is 25.6. The lowest BCUT2D eigenvalue weighted by Gasteiger charge is -2.16. The normalized spacial score (nSPS) is 12.3. The zero-order valence-electron chi connectivity index (χ0n) is 17.5. The predicted octanol–water partition coefficient (Wildman–Crippen LogP) is 3.90. The van der Waals surface area contributed by atoms with Crippen LogP contribution in [-0.4, -0.2) is 35.8 Å². The van der Waals surface area contributed by atoms with Crippen LogP contribution in [-0.2, 0) is 21.5 Å². The van der Waals surface area contributed by atoms with E-state index in [4.69, 9.17) is 17.7 Å². The number of benzene rings is 1. The first-order chi connectivity index (χ1) is 16.4. The van der Waals surface area contributed by atoms with Gasteiger partial charge in [-0.3, -0.25) is 18.5 Å². The van der Waals surface area contributed by atoms with E-state index in [0.29, 0.717) is 10.3 Å². The molecule has 1 unspecified atom stereocenters. The Kier molecular flexibility index (Phi) is 7.10. The van der Waals surface area contributed by atoms with Gasteiger partial charge >= 0.3 is 11.4 Å². The molecule has 1 atom stereocenters. The number of azo groups is 1. The minimum atomic E-state index is -5.00. The quantitative estimate of drug-likeness (QED) is 0.181. The van der Waals surface area contributed by atoms with Crippen LogP contribution in [0.25, 0.3) is 15.4 Å². The molecule has 0 radical (unpaired) electrons. The zero-order chi connectivity index (χ0) is 26.1. The predicted molar refractivity (Wildman–Crippen MR) is 123 cm³/mol. The number of hydrogen-bond acceptors (Lipinski definition) is 10. The summed E-state index contributed by atoms with van der Waals surface area (Å²) >= 11 is -1.99. The SMILES string of the molecule is [C-]#[N+]c1c(C)nsc1N=Nc1c(C)c([N+]#[C-])c(=O)n(-c2cc(OS(=O)O)ccc2S(=O)(=O)O)c1O. The lowest BCUT2D eigenvalue weighted by molar-refractivity contribution is 0.434. The van der Waals surface area contributed by atoms with Crippen LogP contribution in [0.4, 0.5) is 22.1 Å². The van der Waals surface area contributed by atoms with Crippen molar-refractivity contribution in [2.75, 3.05) is 0 Å². The van der Waals surface area contributed by atoms with Gasteiger partial charge in [-0.05, 0) is 43.1 Å². The van der Waals surface area contributed by atoms with E-state index in [-0.39, 0.29) is 16.3 Å². The molecular weight excluding hydrogens is 524 g/mol. The molecule has 0 saturated carbocycles. The monoisotopic (exact) mass is 536 g/mol. The second-order valence-electron chi connectivity index (χ2n) is 6.54. The van der Waals surface area contributed by atoms with Crippen LogP contribution in [0.2, 0.25) is 0 Å². The van der Waals surface area contributed by atoms with Crippen molar-refractivity contribution in [2.45, 2.75) is 18.7 Å². The molecule has 0 amide bonds. The van der Waals surface area contributed by atoms with Crippen LogP contribution in [0, 0.1) is 27.0 Å². The molecule has 35 heavy (non-hydrogen) atoms. The summed E-state index contributed by atoms with van der Waals surface area (Å²) in [7, 11) is -5.00. The Hall–Kier alpha value is -4.00. The molecule has 0 aliphatic heterocycles. The summed E-state index contributed by atoms with van der Waals surface area (Å²) in [5.74, 6) is -1.38. The van der Waals surface area contributed by atoms with Crippen LogP contribution >= 0.6 is 11.5 Å². The third kappa shape index (κ3) is 4.94. The average molecular weight is 537 g/mol. The fraction of sp³-hybridized carbons (Fsp3) is 0.111. The van der Waals surface area contributed by atoms with Crippen molar-refractivity contribution in [3.63, 3.8) is 0 Å². The minimum absolute atomic E-state index is 0.0814. The summed E-state index contributed by atoms with van der Waals surface area (Å²) in [6, 6.07) is 2.47. The summed E-state index contributed by atoms with van der Waals surface area (Å²) in [5, 5.41) is 18.7. The number of rotatable bonds is 6. The van der Waals surface area contributed by atoms with Crippen molar-refractivity contribution in [3.8, 4) is 17.3 Å². The van der Waals surface area contributed by atoms with E-state index in [1.807, 2.05) is 0 Å². The van der Waals surface area contributed by atoms with Crippen LogP contribution < -0.4 is 9.74 Å². The van der Waals surface area contributed by atoms with Crippen molar-refractivity contribution >= 4 is 55.1 Å². The number of hydrogen-bond donors (Lipinski definition) is 3. The van der Waals surface area contributed by atoms with Crippen molar-refractivity contribution in [2.24, 2.45) is 10.2 Å². The molecule has 0 aliphatic rings. The van der Waals surface area contributed by atoms with E-state index in [1.54, 1.807) is 6.92 Å². The Morgan fingerprint density at radius 2 is 1.86 bits per heavy atom. The smallest absolute Gasteiger partial charge is 0.357 e. The standard InChI is InChI=1S/C18H12N6O8S3/c1-8-13(19-3)17(25)24(11-7-10(32-34(27)28)5-6-12(11)35(29,30)31)18(26)14(8)21-22-16-15(20-4)9(2)23-33-16/h5-7,26H,1-2H3,(H,27,28)(H,29,30,31). The van der Waals surface area contributed by atoms with Gasteiger partial charge in [0.05, 0.1) is 24.5 Å². The van der Waals surface area contributed by atoms with Gasteiger partial charge in [0.2, 0.25) is 11.6 Å². The molecule has 1 aromatic carbocycles. The van der Waals surface area contributed by atoms with Gasteiger partial charge in [-0.25, -0.2) is 14.1 Å². The van der Waals surface area contributed by atoms with Gasteiger partial charge in [0.15, 0.2) is 5.00 Å². The van der Waals surface area contributed by atoms with E-state index in [9.17, 15) is 27.1 Å². The molecule has 17 heteroatoms. The summed E-state index contributed by atoms with van der Waals surface area (Å²) in [4.78, 5) is 18.6. The van der Waals surface area contributed by atoms with Crippen LogP contribution in [0.15, 0.2) is 38.1 Å². The van der Waals surface area contributed by atoms with Gasteiger partial charge in [-0.2, -0.15) is 12.6 Å². The van der Waals surface area contributed by atoms with Crippen LogP contribution in [0.1, 0.15) is 11.3 Å². The Bertz CT molecular complexity index is 1660. The van der Waals surface area contributed by atoms with Gasteiger partial charge < -0.3 is 9.29 Å². The minimum Gasteiger partial charge on any atom is -0.493 e. The highest BCUT2D eigenvalue weighted by Gasteiger charge is 2.26. The molecule has 2 heterocycles. The molecular formula is C18H12N6O8S3. The molecule has 14 nitrogen and oxygen atoms in total. The summed E-state index contributed by atoms with van der Waals surface area (Å²) in [5.41, 5.74) is -2.48. The highest BCUT2D eigenvalue weighted by Crippen LogP contribution is 2.41.